The number of hydrogen-bond acceptors (Lipinski definition) is 4. The number of piperidine rings is 1. The molecule has 1 fully saturated rings. The normalized spacial score (nSPS) is 14.7. The first-order valence-electron chi connectivity index (χ1n) is 8.92. The Hall–Kier alpha value is -3.23. The van der Waals surface area contributed by atoms with Gasteiger partial charge in [0.05, 0.1) is 18.2 Å². The number of carbonyl (C=O) groups excluding carboxylic acids is 2. The Balaban J connectivity index is 1.58. The van der Waals surface area contributed by atoms with Crippen LogP contribution >= 0.6 is 0 Å². The van der Waals surface area contributed by atoms with Crippen LogP contribution in [-0.2, 0) is 9.59 Å². The molecule has 2 amide bonds. The van der Waals surface area contributed by atoms with Crippen molar-refractivity contribution in [1.82, 2.24) is 20.0 Å². The van der Waals surface area contributed by atoms with Gasteiger partial charge in [-0.15, -0.1) is 0 Å². The number of nitrogens with one attached hydrogen (secondary N) is 1. The van der Waals surface area contributed by atoms with E-state index in [1.54, 1.807) is 23.1 Å². The smallest absolute Gasteiger partial charge is 0.306 e. The molecule has 0 aliphatic carbocycles. The summed E-state index contributed by atoms with van der Waals surface area (Å²) in [6, 6.07) is 7.30. The second-order valence-corrected chi connectivity index (χ2v) is 6.83. The Morgan fingerprint density at radius 2 is 1.89 bits per heavy atom. The van der Waals surface area contributed by atoms with Crippen molar-refractivity contribution in [3.63, 3.8) is 0 Å². The van der Waals surface area contributed by atoms with Gasteiger partial charge in [-0.3, -0.25) is 19.5 Å². The molecular formula is C19H21FN4O4. The molecule has 0 radical (unpaired) electrons. The van der Waals surface area contributed by atoms with Gasteiger partial charge < -0.3 is 14.9 Å². The number of carbonyl (C=O) groups is 3. The molecule has 28 heavy (non-hydrogen) atoms. The van der Waals surface area contributed by atoms with Crippen LogP contribution in [0.25, 0.3) is 11.3 Å². The first-order valence-corrected chi connectivity index (χ1v) is 8.92. The van der Waals surface area contributed by atoms with Gasteiger partial charge in [-0.05, 0) is 43.2 Å². The first-order chi connectivity index (χ1) is 13.3. The highest BCUT2D eigenvalue weighted by Crippen LogP contribution is 2.19. The third-order valence-electron chi connectivity index (χ3n) is 4.86. The van der Waals surface area contributed by atoms with Crippen molar-refractivity contribution in [2.24, 2.45) is 5.92 Å². The van der Waals surface area contributed by atoms with Crippen molar-refractivity contribution >= 4 is 17.8 Å². The Morgan fingerprint density at radius 3 is 2.50 bits per heavy atom. The molecule has 0 saturated carbocycles. The zero-order chi connectivity index (χ0) is 20.3. The monoisotopic (exact) mass is 388 g/mol. The number of aromatic nitrogens is 2. The van der Waals surface area contributed by atoms with Crippen molar-refractivity contribution in [3.8, 4) is 11.3 Å². The molecule has 2 heterocycles. The van der Waals surface area contributed by atoms with Crippen LogP contribution in [0.2, 0.25) is 0 Å². The summed E-state index contributed by atoms with van der Waals surface area (Å²) in [5, 5.41) is 15.7. The molecule has 0 unspecified atom stereocenters. The average molecular weight is 388 g/mol. The number of halogens is 1. The standard InChI is InChI=1S/C19H21FN4O4/c1-23(11-17(25)24-8-6-13(7-9-24)19(27)28)18(26)16-10-15(21-22-16)12-2-4-14(20)5-3-12/h2-5,10,13H,6-9,11H2,1H3,(H,21,22)(H,27,28). The lowest BCUT2D eigenvalue weighted by atomic mass is 9.97. The summed E-state index contributed by atoms with van der Waals surface area (Å²) in [6.07, 6.45) is 0.834. The highest BCUT2D eigenvalue weighted by atomic mass is 19.1. The van der Waals surface area contributed by atoms with E-state index in [9.17, 15) is 18.8 Å². The fraction of sp³-hybridized carbons (Fsp3) is 0.368. The van der Waals surface area contributed by atoms with Crippen molar-refractivity contribution in [1.29, 1.82) is 0 Å². The quantitative estimate of drug-likeness (QED) is 0.809. The number of benzene rings is 1. The number of hydrogen-bond donors (Lipinski definition) is 2. The Morgan fingerprint density at radius 1 is 1.25 bits per heavy atom. The molecule has 1 aliphatic heterocycles. The number of amides is 2. The minimum atomic E-state index is -0.837. The van der Waals surface area contributed by atoms with Crippen LogP contribution in [0, 0.1) is 11.7 Å². The second-order valence-electron chi connectivity index (χ2n) is 6.83. The third-order valence-corrected chi connectivity index (χ3v) is 4.86. The second kappa shape index (κ2) is 8.20. The van der Waals surface area contributed by atoms with Crippen molar-refractivity contribution in [2.45, 2.75) is 12.8 Å². The van der Waals surface area contributed by atoms with Crippen LogP contribution in [-0.4, -0.2) is 69.6 Å². The van der Waals surface area contributed by atoms with Gasteiger partial charge in [-0.2, -0.15) is 5.10 Å². The van der Waals surface area contributed by atoms with E-state index < -0.39 is 17.8 Å². The van der Waals surface area contributed by atoms with E-state index >= 15 is 0 Å². The SMILES string of the molecule is CN(CC(=O)N1CCC(C(=O)O)CC1)C(=O)c1cc(-c2ccc(F)cc2)n[nH]1. The number of carboxylic acid groups (broad SMARTS) is 1. The van der Waals surface area contributed by atoms with Gasteiger partial charge >= 0.3 is 5.97 Å². The molecule has 8 nitrogen and oxygen atoms in total. The number of aliphatic carboxylic acids is 1. The van der Waals surface area contributed by atoms with E-state index in [2.05, 4.69) is 10.2 Å². The summed E-state index contributed by atoms with van der Waals surface area (Å²) in [6.45, 7) is 0.634. The largest absolute Gasteiger partial charge is 0.481 e. The number of likely N-dealkylation sites (N-methyl/N-ethyl adjacent to an activating group) is 1. The predicted molar refractivity (Wildman–Crippen MR) is 97.9 cm³/mol. The number of H-pyrrole nitrogens is 1. The van der Waals surface area contributed by atoms with Crippen LogP contribution in [0.4, 0.5) is 4.39 Å². The number of aromatic amines is 1. The van der Waals surface area contributed by atoms with Crippen LogP contribution in [0.15, 0.2) is 30.3 Å². The first kappa shape index (κ1) is 19.5. The minimum Gasteiger partial charge on any atom is -0.481 e. The summed E-state index contributed by atoms with van der Waals surface area (Å²) in [7, 11) is 1.52. The highest BCUT2D eigenvalue weighted by Gasteiger charge is 2.28. The molecule has 2 aromatic rings. The van der Waals surface area contributed by atoms with E-state index in [-0.39, 0.29) is 24.0 Å². The van der Waals surface area contributed by atoms with E-state index in [4.69, 9.17) is 5.11 Å². The van der Waals surface area contributed by atoms with Crippen LogP contribution in [0.3, 0.4) is 0 Å². The van der Waals surface area contributed by atoms with Gasteiger partial charge in [0.1, 0.15) is 11.5 Å². The molecular weight excluding hydrogens is 367 g/mol. The Labute approximate surface area is 160 Å². The van der Waals surface area contributed by atoms with Crippen molar-refractivity contribution in [3.05, 3.63) is 41.8 Å². The van der Waals surface area contributed by atoms with E-state index in [1.165, 1.54) is 24.1 Å². The number of carboxylic acids is 1. The Kier molecular flexibility index (Phi) is 5.72. The average Bonchev–Trinajstić information content (AvgIpc) is 3.18. The van der Waals surface area contributed by atoms with Gasteiger partial charge in [-0.25, -0.2) is 4.39 Å². The lowest BCUT2D eigenvalue weighted by Crippen LogP contribution is -2.45. The van der Waals surface area contributed by atoms with Gasteiger partial charge in [0.25, 0.3) is 5.91 Å². The van der Waals surface area contributed by atoms with Gasteiger partial charge in [-0.1, -0.05) is 0 Å². The zero-order valence-corrected chi connectivity index (χ0v) is 15.4. The molecule has 0 spiro atoms. The number of rotatable bonds is 5. The summed E-state index contributed by atoms with van der Waals surface area (Å²) in [5.41, 5.74) is 1.38. The van der Waals surface area contributed by atoms with Crippen LogP contribution in [0.5, 0.6) is 0 Å². The lowest BCUT2D eigenvalue weighted by Gasteiger charge is -2.31. The maximum absolute atomic E-state index is 13.0. The fourth-order valence-corrected chi connectivity index (χ4v) is 3.16. The minimum absolute atomic E-state index is 0.110. The molecule has 1 saturated heterocycles. The molecule has 1 aromatic heterocycles. The molecule has 1 aromatic carbocycles. The summed E-state index contributed by atoms with van der Waals surface area (Å²) < 4.78 is 13.0. The zero-order valence-electron chi connectivity index (χ0n) is 15.4. The Bertz CT molecular complexity index is 872. The van der Waals surface area contributed by atoms with Crippen molar-refractivity contribution in [2.75, 3.05) is 26.7 Å². The molecule has 0 bridgehead atoms. The van der Waals surface area contributed by atoms with E-state index in [0.717, 1.165) is 0 Å². The molecule has 0 atom stereocenters. The maximum Gasteiger partial charge on any atom is 0.306 e. The number of likely N-dealkylation sites (tertiary alicyclic amines) is 1. The van der Waals surface area contributed by atoms with Crippen molar-refractivity contribution < 1.29 is 23.9 Å². The number of nitrogens with zero attached hydrogens (tertiary/aromatic N) is 3. The topological polar surface area (TPSA) is 107 Å². The molecule has 148 valence electrons. The summed E-state index contributed by atoms with van der Waals surface area (Å²) in [5.74, 6) is -2.23. The summed E-state index contributed by atoms with van der Waals surface area (Å²) in [4.78, 5) is 38.8. The third kappa shape index (κ3) is 4.36. The lowest BCUT2D eigenvalue weighted by molar-refractivity contribution is -0.145. The highest BCUT2D eigenvalue weighted by molar-refractivity contribution is 5.95. The van der Waals surface area contributed by atoms with Gasteiger partial charge in [0.2, 0.25) is 5.91 Å². The molecule has 3 rings (SSSR count). The van der Waals surface area contributed by atoms with Gasteiger partial charge in [0, 0.05) is 25.7 Å². The molecule has 1 aliphatic rings. The fourth-order valence-electron chi connectivity index (χ4n) is 3.16. The molecule has 2 N–H and O–H groups in total. The molecule has 9 heteroatoms. The van der Waals surface area contributed by atoms with Crippen LogP contribution in [0.1, 0.15) is 23.3 Å². The van der Waals surface area contributed by atoms with E-state index in [1.807, 2.05) is 0 Å². The maximum atomic E-state index is 13.0. The van der Waals surface area contributed by atoms with E-state index in [0.29, 0.717) is 37.2 Å². The van der Waals surface area contributed by atoms with Gasteiger partial charge in [0.15, 0.2) is 0 Å². The van der Waals surface area contributed by atoms with Crippen LogP contribution < -0.4 is 0 Å². The summed E-state index contributed by atoms with van der Waals surface area (Å²) >= 11 is 0. The predicted octanol–water partition coefficient (Wildman–Crippen LogP) is 1.61.